The van der Waals surface area contributed by atoms with Crippen molar-refractivity contribution in [1.29, 1.82) is 0 Å². The third-order valence-corrected chi connectivity index (χ3v) is 6.43. The van der Waals surface area contributed by atoms with E-state index in [4.69, 9.17) is 4.74 Å². The first-order valence-corrected chi connectivity index (χ1v) is 9.41. The minimum absolute atomic E-state index is 0.0542. The summed E-state index contributed by atoms with van der Waals surface area (Å²) < 4.78 is 5.09. The summed E-state index contributed by atoms with van der Waals surface area (Å²) in [4.78, 5) is 39.4. The highest BCUT2D eigenvalue weighted by molar-refractivity contribution is 5.92. The molecule has 2 fully saturated rings. The van der Waals surface area contributed by atoms with Gasteiger partial charge in [0.05, 0.1) is 19.1 Å². The Balaban J connectivity index is 1.81. The van der Waals surface area contributed by atoms with Crippen LogP contribution in [0.5, 0.6) is 0 Å². The lowest BCUT2D eigenvalue weighted by molar-refractivity contribution is -0.153. The van der Waals surface area contributed by atoms with E-state index < -0.39 is 5.92 Å². The molecule has 6 nitrogen and oxygen atoms in total. The number of nitrogens with one attached hydrogen (secondary N) is 1. The van der Waals surface area contributed by atoms with Crippen molar-refractivity contribution in [3.05, 3.63) is 41.5 Å². The Labute approximate surface area is 158 Å². The van der Waals surface area contributed by atoms with Crippen LogP contribution in [0.3, 0.4) is 0 Å². The number of hydrogen-bond donors (Lipinski definition) is 1. The highest BCUT2D eigenvalue weighted by Crippen LogP contribution is 2.47. The molecule has 5 atom stereocenters. The summed E-state index contributed by atoms with van der Waals surface area (Å²) in [5.41, 5.74) is 3.01. The van der Waals surface area contributed by atoms with Crippen LogP contribution >= 0.6 is 0 Å². The average molecular weight is 368 g/mol. The third kappa shape index (κ3) is 2.74. The molecule has 2 heterocycles. The number of hydrogen-bond acceptors (Lipinski definition) is 5. The van der Waals surface area contributed by atoms with Gasteiger partial charge in [0, 0.05) is 36.5 Å². The van der Waals surface area contributed by atoms with E-state index in [1.807, 2.05) is 37.3 Å². The molecule has 2 bridgehead atoms. The molecule has 1 amide bonds. The van der Waals surface area contributed by atoms with Gasteiger partial charge in [-0.1, -0.05) is 29.8 Å². The van der Waals surface area contributed by atoms with E-state index in [9.17, 15) is 14.4 Å². The minimum Gasteiger partial charge on any atom is -0.469 e. The quantitative estimate of drug-likeness (QED) is 0.492. The van der Waals surface area contributed by atoms with Gasteiger partial charge in [-0.05, 0) is 25.0 Å². The number of piperidine rings is 1. The number of ketones is 1. The SMILES string of the molecule is CC=C1CN(C=O)C2CC3c4ccccc4NC3C(=O)CC1C2C(=O)OC. The third-order valence-electron chi connectivity index (χ3n) is 6.43. The Morgan fingerprint density at radius 2 is 2.07 bits per heavy atom. The number of carbonyl (C=O) groups excluding carboxylic acids is 3. The van der Waals surface area contributed by atoms with Crippen LogP contribution in [-0.4, -0.2) is 48.8 Å². The molecule has 0 spiro atoms. The highest BCUT2D eigenvalue weighted by Gasteiger charge is 2.51. The van der Waals surface area contributed by atoms with Crippen LogP contribution in [0.4, 0.5) is 5.69 Å². The lowest BCUT2D eigenvalue weighted by Gasteiger charge is -2.47. The minimum atomic E-state index is -0.516. The Morgan fingerprint density at radius 1 is 1.30 bits per heavy atom. The van der Waals surface area contributed by atoms with Crippen LogP contribution in [0.1, 0.15) is 31.2 Å². The molecule has 6 heteroatoms. The van der Waals surface area contributed by atoms with Crippen molar-refractivity contribution in [3.63, 3.8) is 0 Å². The van der Waals surface area contributed by atoms with E-state index in [2.05, 4.69) is 5.32 Å². The van der Waals surface area contributed by atoms with E-state index in [0.29, 0.717) is 13.0 Å². The van der Waals surface area contributed by atoms with Gasteiger partial charge in [-0.2, -0.15) is 0 Å². The molecule has 1 saturated carbocycles. The number of nitrogens with zero attached hydrogens (tertiary/aromatic N) is 1. The Kier molecular flexibility index (Phi) is 4.50. The maximum absolute atomic E-state index is 13.2. The summed E-state index contributed by atoms with van der Waals surface area (Å²) >= 11 is 0. The highest BCUT2D eigenvalue weighted by atomic mass is 16.5. The number of rotatable bonds is 2. The number of anilines is 1. The number of fused-ring (bicyclic) bond motifs is 5. The van der Waals surface area contributed by atoms with Crippen LogP contribution in [-0.2, 0) is 19.1 Å². The number of allylic oxidation sites excluding steroid dienone is 1. The number of amides is 1. The molecular weight excluding hydrogens is 344 g/mol. The van der Waals surface area contributed by atoms with E-state index in [0.717, 1.165) is 23.2 Å². The molecular formula is C21H24N2O4. The molecule has 0 aromatic heterocycles. The first kappa shape index (κ1) is 17.8. The molecule has 4 rings (SSSR count). The van der Waals surface area contributed by atoms with Crippen molar-refractivity contribution in [2.45, 2.75) is 37.8 Å². The number of ether oxygens (including phenoxy) is 1. The van der Waals surface area contributed by atoms with Crippen LogP contribution in [0.2, 0.25) is 0 Å². The van der Waals surface area contributed by atoms with Crippen LogP contribution < -0.4 is 5.32 Å². The van der Waals surface area contributed by atoms with Crippen LogP contribution in [0.25, 0.3) is 0 Å². The monoisotopic (exact) mass is 368 g/mol. The second-order valence-electron chi connectivity index (χ2n) is 7.59. The smallest absolute Gasteiger partial charge is 0.311 e. The Hall–Kier alpha value is -2.63. The standard InChI is InChI=1S/C21H24N2O4/c1-3-12-10-23(11-24)17-8-15-13-6-4-5-7-16(13)22-20(15)18(25)9-14(12)19(17)21(26)27-2/h3-7,11,14-15,17,19-20,22H,8-10H2,1-2H3. The van der Waals surface area contributed by atoms with E-state index >= 15 is 0 Å². The average Bonchev–Trinajstić information content (AvgIpc) is 3.05. The lowest BCUT2D eigenvalue weighted by Crippen LogP contribution is -2.56. The van der Waals surface area contributed by atoms with E-state index in [-0.39, 0.29) is 42.1 Å². The molecule has 1 aromatic rings. The van der Waals surface area contributed by atoms with E-state index in [1.54, 1.807) is 4.90 Å². The predicted octanol–water partition coefficient (Wildman–Crippen LogP) is 2.12. The van der Waals surface area contributed by atoms with Gasteiger partial charge in [0.15, 0.2) is 5.78 Å². The molecule has 1 aliphatic carbocycles. The van der Waals surface area contributed by atoms with Gasteiger partial charge in [-0.15, -0.1) is 0 Å². The zero-order chi connectivity index (χ0) is 19.1. The van der Waals surface area contributed by atoms with Gasteiger partial charge < -0.3 is 15.0 Å². The number of para-hydroxylation sites is 1. The zero-order valence-corrected chi connectivity index (χ0v) is 15.6. The van der Waals surface area contributed by atoms with Crippen molar-refractivity contribution in [2.75, 3.05) is 19.0 Å². The molecule has 1 aromatic carbocycles. The van der Waals surface area contributed by atoms with Gasteiger partial charge in [0.2, 0.25) is 6.41 Å². The van der Waals surface area contributed by atoms with Crippen LogP contribution in [0, 0.1) is 11.8 Å². The Bertz CT molecular complexity index is 818. The molecule has 1 N–H and O–H groups in total. The lowest BCUT2D eigenvalue weighted by atomic mass is 9.67. The normalized spacial score (nSPS) is 33.4. The number of Topliss-reactive ketones (excluding diaryl/α,β-unsaturated/α-hetero) is 1. The van der Waals surface area contributed by atoms with Gasteiger partial charge in [0.25, 0.3) is 0 Å². The fourth-order valence-electron chi connectivity index (χ4n) is 5.14. The number of esters is 1. The largest absolute Gasteiger partial charge is 0.469 e. The van der Waals surface area contributed by atoms with Crippen molar-refractivity contribution in [2.24, 2.45) is 11.8 Å². The summed E-state index contributed by atoms with van der Waals surface area (Å²) in [5, 5.41) is 3.37. The van der Waals surface area contributed by atoms with Gasteiger partial charge in [-0.25, -0.2) is 0 Å². The second-order valence-corrected chi connectivity index (χ2v) is 7.59. The second kappa shape index (κ2) is 6.83. The molecule has 142 valence electrons. The van der Waals surface area contributed by atoms with Gasteiger partial charge in [0.1, 0.15) is 0 Å². The molecule has 0 radical (unpaired) electrons. The first-order chi connectivity index (χ1) is 13.1. The predicted molar refractivity (Wildman–Crippen MR) is 100 cm³/mol. The number of benzene rings is 1. The molecule has 27 heavy (non-hydrogen) atoms. The molecule has 2 aliphatic heterocycles. The molecule has 5 unspecified atom stereocenters. The number of carbonyl (C=O) groups is 3. The summed E-state index contributed by atoms with van der Waals surface area (Å²) in [7, 11) is 1.37. The maximum Gasteiger partial charge on any atom is 0.311 e. The summed E-state index contributed by atoms with van der Waals surface area (Å²) in [6.07, 6.45) is 3.60. The van der Waals surface area contributed by atoms with Crippen molar-refractivity contribution >= 4 is 23.9 Å². The van der Waals surface area contributed by atoms with Crippen molar-refractivity contribution in [1.82, 2.24) is 4.90 Å². The van der Waals surface area contributed by atoms with Crippen molar-refractivity contribution in [3.8, 4) is 0 Å². The summed E-state index contributed by atoms with van der Waals surface area (Å²) in [6, 6.07) is 7.32. The Morgan fingerprint density at radius 3 is 2.78 bits per heavy atom. The zero-order valence-electron chi connectivity index (χ0n) is 15.6. The number of likely N-dealkylation sites (tertiary alicyclic amines) is 1. The fraction of sp³-hybridized carbons (Fsp3) is 0.476. The molecule has 3 aliphatic rings. The summed E-state index contributed by atoms with van der Waals surface area (Å²) in [5.74, 6) is -1.02. The van der Waals surface area contributed by atoms with Gasteiger partial charge in [-0.3, -0.25) is 14.4 Å². The van der Waals surface area contributed by atoms with Crippen molar-refractivity contribution < 1.29 is 19.1 Å². The molecule has 1 saturated heterocycles. The topological polar surface area (TPSA) is 75.7 Å². The van der Waals surface area contributed by atoms with Gasteiger partial charge >= 0.3 is 5.97 Å². The first-order valence-electron chi connectivity index (χ1n) is 9.41. The summed E-state index contributed by atoms with van der Waals surface area (Å²) in [6.45, 7) is 2.35. The van der Waals surface area contributed by atoms with E-state index in [1.165, 1.54) is 7.11 Å². The van der Waals surface area contributed by atoms with Crippen LogP contribution in [0.15, 0.2) is 35.9 Å². The number of methoxy groups -OCH3 is 1. The fourth-order valence-corrected chi connectivity index (χ4v) is 5.14. The maximum atomic E-state index is 13.2.